The number of anilines is 3. The molecule has 0 atom stereocenters. The Kier molecular flexibility index (Phi) is 7.82. The Labute approximate surface area is 185 Å². The van der Waals surface area contributed by atoms with E-state index in [4.69, 9.17) is 5.73 Å². The molecule has 2 heterocycles. The molecular formula is C17H19N9OS3. The van der Waals surface area contributed by atoms with E-state index in [1.54, 1.807) is 6.08 Å². The maximum absolute atomic E-state index is 12.1. The summed E-state index contributed by atoms with van der Waals surface area (Å²) in [6.07, 6.45) is 1.78. The van der Waals surface area contributed by atoms with Gasteiger partial charge in [0.05, 0.1) is 11.5 Å². The van der Waals surface area contributed by atoms with Gasteiger partial charge in [-0.3, -0.25) is 10.1 Å². The highest BCUT2D eigenvalue weighted by atomic mass is 32.2. The number of thioether (sulfide) groups is 2. The van der Waals surface area contributed by atoms with Crippen molar-refractivity contribution in [2.75, 3.05) is 28.0 Å². The lowest BCUT2D eigenvalue weighted by atomic mass is 10.1. The van der Waals surface area contributed by atoms with Crippen molar-refractivity contribution >= 4 is 63.2 Å². The van der Waals surface area contributed by atoms with E-state index in [1.165, 1.54) is 34.9 Å². The second-order valence-electron chi connectivity index (χ2n) is 5.71. The van der Waals surface area contributed by atoms with Gasteiger partial charge in [-0.05, 0) is 24.6 Å². The predicted molar refractivity (Wildman–Crippen MR) is 123 cm³/mol. The van der Waals surface area contributed by atoms with Crippen molar-refractivity contribution in [1.82, 2.24) is 25.4 Å². The zero-order valence-corrected chi connectivity index (χ0v) is 18.4. The minimum absolute atomic E-state index is 0.139. The molecule has 0 fully saturated rings. The molecule has 1 amide bonds. The summed E-state index contributed by atoms with van der Waals surface area (Å²) in [5.74, 6) is 1.04. The van der Waals surface area contributed by atoms with Gasteiger partial charge in [-0.2, -0.15) is 10.1 Å². The molecule has 0 radical (unpaired) electrons. The van der Waals surface area contributed by atoms with E-state index in [-0.39, 0.29) is 11.7 Å². The van der Waals surface area contributed by atoms with Gasteiger partial charge in [0.2, 0.25) is 22.1 Å². The van der Waals surface area contributed by atoms with Gasteiger partial charge in [-0.15, -0.1) is 21.9 Å². The number of rotatable bonds is 10. The van der Waals surface area contributed by atoms with E-state index in [0.717, 1.165) is 21.4 Å². The average Bonchev–Trinajstić information content (AvgIpc) is 3.38. The van der Waals surface area contributed by atoms with Crippen molar-refractivity contribution in [2.24, 2.45) is 5.10 Å². The fourth-order valence-corrected chi connectivity index (χ4v) is 4.15. The van der Waals surface area contributed by atoms with Gasteiger partial charge in [0.15, 0.2) is 4.34 Å². The van der Waals surface area contributed by atoms with Crippen molar-refractivity contribution in [1.29, 1.82) is 0 Å². The minimum atomic E-state index is -0.215. The Bertz CT molecular complexity index is 1030. The number of nitrogens with zero attached hydrogens (tertiary/aromatic N) is 5. The molecule has 0 spiro atoms. The summed E-state index contributed by atoms with van der Waals surface area (Å²) < 4.78 is 0.775. The number of hydrogen-bond donors (Lipinski definition) is 4. The first kappa shape index (κ1) is 21.8. The van der Waals surface area contributed by atoms with Gasteiger partial charge >= 0.3 is 0 Å². The number of carbonyl (C=O) groups excluding carboxylic acids is 1. The number of aromatic amines is 1. The summed E-state index contributed by atoms with van der Waals surface area (Å²) in [4.78, 5) is 16.3. The molecule has 3 aromatic rings. The molecule has 0 unspecified atom stereocenters. The topological polar surface area (TPSA) is 147 Å². The fraction of sp³-hybridized carbons (Fsp3) is 0.176. The van der Waals surface area contributed by atoms with Crippen molar-refractivity contribution in [2.45, 2.75) is 16.4 Å². The molecule has 0 saturated carbocycles. The molecule has 10 nitrogen and oxygen atoms in total. The number of amides is 1. The van der Waals surface area contributed by atoms with Crippen LogP contribution in [0.5, 0.6) is 0 Å². The lowest BCUT2D eigenvalue weighted by molar-refractivity contribution is -0.113. The summed E-state index contributed by atoms with van der Waals surface area (Å²) >= 11 is 4.02. The zero-order valence-electron chi connectivity index (χ0n) is 16.0. The van der Waals surface area contributed by atoms with Crippen LogP contribution < -0.4 is 16.5 Å². The first-order chi connectivity index (χ1) is 14.5. The molecule has 0 aliphatic carbocycles. The molecule has 0 saturated heterocycles. The van der Waals surface area contributed by atoms with Crippen molar-refractivity contribution in [3.63, 3.8) is 0 Å². The molecule has 156 valence electrons. The van der Waals surface area contributed by atoms with E-state index in [1.807, 2.05) is 31.2 Å². The zero-order chi connectivity index (χ0) is 21.3. The normalized spacial score (nSPS) is 11.3. The molecule has 1 aromatic carbocycles. The summed E-state index contributed by atoms with van der Waals surface area (Å²) in [5.41, 5.74) is 10.9. The Hall–Kier alpha value is -2.90. The number of aromatic nitrogens is 5. The third kappa shape index (κ3) is 6.57. The van der Waals surface area contributed by atoms with Crippen molar-refractivity contribution in [3.8, 4) is 0 Å². The average molecular weight is 462 g/mol. The first-order valence-electron chi connectivity index (χ1n) is 8.62. The number of hydrazone groups is 1. The van der Waals surface area contributed by atoms with Gasteiger partial charge in [0.25, 0.3) is 0 Å². The molecule has 30 heavy (non-hydrogen) atoms. The smallest absolute Gasteiger partial charge is 0.240 e. The highest BCUT2D eigenvalue weighted by Crippen LogP contribution is 2.25. The Balaban J connectivity index is 1.46. The van der Waals surface area contributed by atoms with Crippen LogP contribution in [0.3, 0.4) is 0 Å². The van der Waals surface area contributed by atoms with Gasteiger partial charge in [0.1, 0.15) is 0 Å². The van der Waals surface area contributed by atoms with Gasteiger partial charge in [0, 0.05) is 11.4 Å². The van der Waals surface area contributed by atoms with Crippen LogP contribution in [0.4, 0.5) is 16.8 Å². The molecule has 2 aromatic heterocycles. The number of hydrogen-bond acceptors (Lipinski definition) is 11. The van der Waals surface area contributed by atoms with Crippen molar-refractivity contribution < 1.29 is 4.79 Å². The summed E-state index contributed by atoms with van der Waals surface area (Å²) in [7, 11) is 0. The number of nitrogen functional groups attached to an aromatic ring is 1. The van der Waals surface area contributed by atoms with Gasteiger partial charge < -0.3 is 5.73 Å². The van der Waals surface area contributed by atoms with Crippen LogP contribution in [0.1, 0.15) is 12.5 Å². The van der Waals surface area contributed by atoms with E-state index in [2.05, 4.69) is 47.8 Å². The van der Waals surface area contributed by atoms with Gasteiger partial charge in [-0.1, -0.05) is 53.1 Å². The number of benzene rings is 1. The van der Waals surface area contributed by atoms with Crippen LogP contribution in [0, 0.1) is 0 Å². The maximum Gasteiger partial charge on any atom is 0.240 e. The molecule has 3 rings (SSSR count). The quantitative estimate of drug-likeness (QED) is 0.0892. The van der Waals surface area contributed by atoms with E-state index in [9.17, 15) is 4.79 Å². The van der Waals surface area contributed by atoms with Crippen molar-refractivity contribution in [3.05, 3.63) is 42.5 Å². The second-order valence-corrected chi connectivity index (χ2v) is 8.89. The van der Waals surface area contributed by atoms with Crippen LogP contribution in [0.15, 0.2) is 51.5 Å². The summed E-state index contributed by atoms with van der Waals surface area (Å²) in [5, 5.41) is 22.6. The number of nitrogens with two attached hydrogens (primary N) is 1. The van der Waals surface area contributed by atoms with E-state index < -0.39 is 0 Å². The number of carbonyl (C=O) groups is 1. The molecule has 0 aliphatic rings. The van der Waals surface area contributed by atoms with Crippen LogP contribution in [0.2, 0.25) is 0 Å². The van der Waals surface area contributed by atoms with E-state index in [0.29, 0.717) is 21.9 Å². The fourth-order valence-electron chi connectivity index (χ4n) is 2.02. The SMILES string of the molecule is C=CCSc1nnc(NC(=O)CSc2n[nH]c(N/N=C(\C)c3ccc(N)cc3)n2)s1. The Morgan fingerprint density at radius 1 is 1.33 bits per heavy atom. The largest absolute Gasteiger partial charge is 0.399 e. The number of H-pyrrole nitrogens is 1. The van der Waals surface area contributed by atoms with Gasteiger partial charge in [-0.25, -0.2) is 10.5 Å². The third-order valence-corrected chi connectivity index (χ3v) is 6.25. The second kappa shape index (κ2) is 10.8. The lowest BCUT2D eigenvalue weighted by Crippen LogP contribution is -2.13. The predicted octanol–water partition coefficient (Wildman–Crippen LogP) is 3.08. The van der Waals surface area contributed by atoms with Crippen LogP contribution in [0.25, 0.3) is 0 Å². The minimum Gasteiger partial charge on any atom is -0.399 e. The monoisotopic (exact) mass is 461 g/mol. The van der Waals surface area contributed by atoms with Crippen LogP contribution in [-0.2, 0) is 4.79 Å². The Morgan fingerprint density at radius 3 is 2.90 bits per heavy atom. The Morgan fingerprint density at radius 2 is 2.13 bits per heavy atom. The van der Waals surface area contributed by atoms with Crippen LogP contribution >= 0.6 is 34.9 Å². The summed E-state index contributed by atoms with van der Waals surface area (Å²) in [6.45, 7) is 5.52. The highest BCUT2D eigenvalue weighted by Gasteiger charge is 2.11. The summed E-state index contributed by atoms with van der Waals surface area (Å²) in [6, 6.07) is 7.39. The van der Waals surface area contributed by atoms with Crippen LogP contribution in [-0.4, -0.2) is 48.5 Å². The highest BCUT2D eigenvalue weighted by molar-refractivity contribution is 8.01. The molecule has 13 heteroatoms. The number of nitrogens with one attached hydrogen (secondary N) is 3. The lowest BCUT2D eigenvalue weighted by Gasteiger charge is -2.01. The molecular weight excluding hydrogens is 442 g/mol. The first-order valence-corrected chi connectivity index (χ1v) is 11.4. The van der Waals surface area contributed by atoms with E-state index >= 15 is 0 Å². The standard InChI is InChI=1S/C17H19N9OS3/c1-3-8-28-17-26-25-16(30-17)19-13(27)9-29-15-20-14(23-24-15)22-21-10(2)11-4-6-12(18)7-5-11/h3-7H,1,8-9,18H2,2H3,(H,19,25,27)(H2,20,22,23,24)/b21-10+. The molecule has 0 bridgehead atoms. The third-order valence-electron chi connectivity index (χ3n) is 3.43. The molecule has 5 N–H and O–H groups in total. The maximum atomic E-state index is 12.1. The molecule has 0 aliphatic heterocycles.